The van der Waals surface area contributed by atoms with Gasteiger partial charge in [0, 0.05) is 27.2 Å². The smallest absolute Gasteiger partial charge is 0.305 e. The first-order valence-corrected chi connectivity index (χ1v) is 4.67. The average Bonchev–Trinajstić information content (AvgIpc) is 1.74. The number of hydrogen-bond donors (Lipinski definition) is 0. The number of ether oxygens (including phenoxy) is 2. The lowest BCUT2D eigenvalue weighted by Crippen LogP contribution is -2.46. The standard InChI is InChI=1S/C10H17NO3/c1-7-11-9(3,4)6-10(5,13-7)14-8(2)12/h6H2,1-5H3. The Kier molecular flexibility index (Phi) is 2.56. The zero-order chi connectivity index (χ0) is 11.0. The predicted octanol–water partition coefficient (Wildman–Crippen LogP) is 1.88. The van der Waals surface area contributed by atoms with Gasteiger partial charge in [-0.2, -0.15) is 0 Å². The molecule has 0 radical (unpaired) electrons. The molecule has 1 aliphatic rings. The first kappa shape index (κ1) is 11.0. The second-order valence-corrected chi connectivity index (χ2v) is 4.45. The molecule has 4 heteroatoms. The maximum Gasteiger partial charge on any atom is 0.305 e. The predicted molar refractivity (Wildman–Crippen MR) is 53.1 cm³/mol. The van der Waals surface area contributed by atoms with Gasteiger partial charge in [-0.25, -0.2) is 4.99 Å². The zero-order valence-electron chi connectivity index (χ0n) is 9.38. The summed E-state index contributed by atoms with van der Waals surface area (Å²) in [4.78, 5) is 15.2. The van der Waals surface area contributed by atoms with E-state index in [1.165, 1.54) is 6.92 Å². The van der Waals surface area contributed by atoms with Crippen molar-refractivity contribution < 1.29 is 14.3 Å². The Bertz CT molecular complexity index is 283. The highest BCUT2D eigenvalue weighted by Gasteiger charge is 2.41. The highest BCUT2D eigenvalue weighted by atomic mass is 16.7. The third-order valence-corrected chi connectivity index (χ3v) is 1.94. The van der Waals surface area contributed by atoms with Gasteiger partial charge >= 0.3 is 5.97 Å². The maximum absolute atomic E-state index is 10.9. The molecule has 0 aliphatic carbocycles. The van der Waals surface area contributed by atoms with Crippen LogP contribution in [0.2, 0.25) is 0 Å². The molecule has 0 fully saturated rings. The van der Waals surface area contributed by atoms with E-state index < -0.39 is 5.79 Å². The summed E-state index contributed by atoms with van der Waals surface area (Å²) in [6.07, 6.45) is 0.566. The normalized spacial score (nSPS) is 30.2. The first-order valence-electron chi connectivity index (χ1n) is 4.67. The van der Waals surface area contributed by atoms with E-state index in [0.717, 1.165) is 0 Å². The molecule has 80 valence electrons. The van der Waals surface area contributed by atoms with E-state index in [0.29, 0.717) is 12.3 Å². The minimum absolute atomic E-state index is 0.244. The van der Waals surface area contributed by atoms with E-state index >= 15 is 0 Å². The van der Waals surface area contributed by atoms with Crippen molar-refractivity contribution in [3.05, 3.63) is 0 Å². The third-order valence-electron chi connectivity index (χ3n) is 1.94. The molecule has 1 atom stereocenters. The Balaban J connectivity index is 2.85. The molecule has 14 heavy (non-hydrogen) atoms. The van der Waals surface area contributed by atoms with E-state index in [-0.39, 0.29) is 11.5 Å². The average molecular weight is 199 g/mol. The number of nitrogens with zero attached hydrogens (tertiary/aromatic N) is 1. The molecule has 0 saturated heterocycles. The lowest BCUT2D eigenvalue weighted by Gasteiger charge is -2.39. The fourth-order valence-electron chi connectivity index (χ4n) is 1.98. The van der Waals surface area contributed by atoms with Crippen molar-refractivity contribution >= 4 is 11.9 Å². The number of aliphatic imine (C=N–C) groups is 1. The van der Waals surface area contributed by atoms with Gasteiger partial charge in [-0.15, -0.1) is 0 Å². The number of carbonyl (C=O) groups excluding carboxylic acids is 1. The summed E-state index contributed by atoms with van der Waals surface area (Å²) < 4.78 is 10.6. The fourth-order valence-corrected chi connectivity index (χ4v) is 1.98. The zero-order valence-corrected chi connectivity index (χ0v) is 9.38. The summed E-state index contributed by atoms with van der Waals surface area (Å²) >= 11 is 0. The maximum atomic E-state index is 10.9. The van der Waals surface area contributed by atoms with Gasteiger partial charge in [-0.3, -0.25) is 4.79 Å². The molecule has 4 nitrogen and oxygen atoms in total. The van der Waals surface area contributed by atoms with Crippen LogP contribution >= 0.6 is 0 Å². The van der Waals surface area contributed by atoms with Crippen LogP contribution in [0.3, 0.4) is 0 Å². The quantitative estimate of drug-likeness (QED) is 0.606. The lowest BCUT2D eigenvalue weighted by molar-refractivity contribution is -0.203. The number of hydrogen-bond acceptors (Lipinski definition) is 4. The summed E-state index contributed by atoms with van der Waals surface area (Å²) in [5.41, 5.74) is -0.244. The SMILES string of the molecule is CC(=O)OC1(C)CC(C)(C)N=C(C)O1. The Morgan fingerprint density at radius 1 is 1.50 bits per heavy atom. The Morgan fingerprint density at radius 2 is 2.07 bits per heavy atom. The van der Waals surface area contributed by atoms with E-state index in [9.17, 15) is 4.79 Å². The van der Waals surface area contributed by atoms with Gasteiger partial charge in [-0.05, 0) is 13.8 Å². The summed E-state index contributed by atoms with van der Waals surface area (Å²) in [6.45, 7) is 8.88. The van der Waals surface area contributed by atoms with Crippen LogP contribution < -0.4 is 0 Å². The van der Waals surface area contributed by atoms with Gasteiger partial charge in [0.15, 0.2) is 5.90 Å². The molecule has 0 aromatic heterocycles. The van der Waals surface area contributed by atoms with Crippen LogP contribution in [0.1, 0.15) is 41.0 Å². The van der Waals surface area contributed by atoms with E-state index in [2.05, 4.69) is 4.99 Å². The van der Waals surface area contributed by atoms with Crippen LogP contribution in [-0.2, 0) is 14.3 Å². The highest BCUT2D eigenvalue weighted by molar-refractivity contribution is 5.75. The number of esters is 1. The molecule has 0 saturated carbocycles. The van der Waals surface area contributed by atoms with Crippen molar-refractivity contribution in [2.75, 3.05) is 0 Å². The molecule has 1 heterocycles. The fraction of sp³-hybridized carbons (Fsp3) is 0.800. The van der Waals surface area contributed by atoms with Crippen molar-refractivity contribution in [3.8, 4) is 0 Å². The highest BCUT2D eigenvalue weighted by Crippen LogP contribution is 2.32. The van der Waals surface area contributed by atoms with Crippen molar-refractivity contribution in [3.63, 3.8) is 0 Å². The molecule has 0 bridgehead atoms. The molecule has 1 aliphatic heterocycles. The molecule has 0 spiro atoms. The second-order valence-electron chi connectivity index (χ2n) is 4.45. The van der Waals surface area contributed by atoms with Crippen LogP contribution in [0.25, 0.3) is 0 Å². The molecule has 0 amide bonds. The molecule has 1 unspecified atom stereocenters. The summed E-state index contributed by atoms with van der Waals surface area (Å²) in [6, 6.07) is 0. The van der Waals surface area contributed by atoms with Crippen LogP contribution in [0.4, 0.5) is 0 Å². The van der Waals surface area contributed by atoms with Crippen molar-refractivity contribution in [2.45, 2.75) is 52.4 Å². The van der Waals surface area contributed by atoms with E-state index in [4.69, 9.17) is 9.47 Å². The van der Waals surface area contributed by atoms with Gasteiger partial charge in [0.1, 0.15) is 0 Å². The van der Waals surface area contributed by atoms with Gasteiger partial charge in [0.05, 0.1) is 5.54 Å². The Hall–Kier alpha value is -1.06. The molecular weight excluding hydrogens is 182 g/mol. The first-order chi connectivity index (χ1) is 6.22. The van der Waals surface area contributed by atoms with Gasteiger partial charge in [0.2, 0.25) is 0 Å². The summed E-state index contributed by atoms with van der Waals surface area (Å²) in [5.74, 6) is -0.649. The molecular formula is C10H17NO3. The van der Waals surface area contributed by atoms with Gasteiger partial charge in [-0.1, -0.05) is 0 Å². The van der Waals surface area contributed by atoms with Crippen LogP contribution in [-0.4, -0.2) is 23.2 Å². The summed E-state index contributed by atoms with van der Waals surface area (Å²) in [7, 11) is 0. The van der Waals surface area contributed by atoms with Crippen molar-refractivity contribution in [2.24, 2.45) is 4.99 Å². The molecule has 0 aromatic rings. The van der Waals surface area contributed by atoms with Crippen LogP contribution in [0, 0.1) is 0 Å². The lowest BCUT2D eigenvalue weighted by atomic mass is 9.94. The minimum atomic E-state index is -0.874. The van der Waals surface area contributed by atoms with Crippen LogP contribution in [0.15, 0.2) is 4.99 Å². The Labute approximate surface area is 84.3 Å². The van der Waals surface area contributed by atoms with E-state index in [1.807, 2.05) is 13.8 Å². The third kappa shape index (κ3) is 2.72. The minimum Gasteiger partial charge on any atom is -0.440 e. The molecule has 0 N–H and O–H groups in total. The second kappa shape index (κ2) is 3.26. The molecule has 0 aromatic carbocycles. The van der Waals surface area contributed by atoms with Gasteiger partial charge < -0.3 is 9.47 Å². The Morgan fingerprint density at radius 3 is 2.50 bits per heavy atom. The van der Waals surface area contributed by atoms with Crippen molar-refractivity contribution in [1.29, 1.82) is 0 Å². The molecule has 1 rings (SSSR count). The van der Waals surface area contributed by atoms with Gasteiger partial charge in [0.25, 0.3) is 5.79 Å². The number of carbonyl (C=O) groups is 1. The van der Waals surface area contributed by atoms with E-state index in [1.54, 1.807) is 13.8 Å². The largest absolute Gasteiger partial charge is 0.440 e. The monoisotopic (exact) mass is 199 g/mol. The summed E-state index contributed by atoms with van der Waals surface area (Å²) in [5, 5.41) is 0. The van der Waals surface area contributed by atoms with Crippen LogP contribution in [0.5, 0.6) is 0 Å². The number of rotatable bonds is 1. The van der Waals surface area contributed by atoms with Crippen molar-refractivity contribution in [1.82, 2.24) is 0 Å². The topological polar surface area (TPSA) is 47.9 Å².